The van der Waals surface area contributed by atoms with Crippen LogP contribution in [0.25, 0.3) is 10.8 Å². The van der Waals surface area contributed by atoms with E-state index in [-0.39, 0.29) is 35.7 Å². The fraction of sp³-hybridized carbons (Fsp3) is 0.217. The average Bonchev–Trinajstić information content (AvgIpc) is 2.73. The van der Waals surface area contributed by atoms with Gasteiger partial charge >= 0.3 is 5.97 Å². The van der Waals surface area contributed by atoms with Crippen LogP contribution in [0.5, 0.6) is 11.5 Å². The Labute approximate surface area is 177 Å². The van der Waals surface area contributed by atoms with Gasteiger partial charge in [-0.15, -0.1) is 0 Å². The standard InChI is InChI=1S/C23H21F2NO5/c1-23(2,22(28)29)26-21(27)16-13-18(25)14-7-3-4-8-15(14)20(16)31-12-11-30-19-10-6-5-9-17(19)24/h3-10,13H,11-12H2,1-2H3,(H,26,27)(H,28,29). The number of para-hydroxylation sites is 1. The van der Waals surface area contributed by atoms with E-state index in [1.807, 2.05) is 0 Å². The van der Waals surface area contributed by atoms with Gasteiger partial charge in [0.2, 0.25) is 0 Å². The molecule has 0 aliphatic rings. The van der Waals surface area contributed by atoms with Crippen LogP contribution >= 0.6 is 0 Å². The summed E-state index contributed by atoms with van der Waals surface area (Å²) >= 11 is 0. The largest absolute Gasteiger partial charge is 0.489 e. The summed E-state index contributed by atoms with van der Waals surface area (Å²) in [6.45, 7) is 2.53. The van der Waals surface area contributed by atoms with E-state index in [1.54, 1.807) is 24.3 Å². The summed E-state index contributed by atoms with van der Waals surface area (Å²) in [7, 11) is 0. The molecule has 0 fully saturated rings. The van der Waals surface area contributed by atoms with E-state index in [0.29, 0.717) is 5.39 Å². The Hall–Kier alpha value is -3.68. The van der Waals surface area contributed by atoms with Crippen molar-refractivity contribution in [1.29, 1.82) is 0 Å². The minimum absolute atomic E-state index is 0.0334. The number of hydrogen-bond donors (Lipinski definition) is 2. The molecule has 0 aromatic heterocycles. The van der Waals surface area contributed by atoms with E-state index in [1.165, 1.54) is 38.1 Å². The quantitative estimate of drug-likeness (QED) is 0.525. The highest BCUT2D eigenvalue weighted by Crippen LogP contribution is 2.32. The van der Waals surface area contributed by atoms with Crippen molar-refractivity contribution in [2.75, 3.05) is 13.2 Å². The topological polar surface area (TPSA) is 84.9 Å². The summed E-state index contributed by atoms with van der Waals surface area (Å²) in [6.07, 6.45) is 0. The van der Waals surface area contributed by atoms with Crippen LogP contribution in [0.2, 0.25) is 0 Å². The van der Waals surface area contributed by atoms with Crippen LogP contribution in [0.15, 0.2) is 54.6 Å². The first kappa shape index (κ1) is 22.0. The normalized spacial score (nSPS) is 11.2. The molecule has 2 N–H and O–H groups in total. The highest BCUT2D eigenvalue weighted by atomic mass is 19.1. The first-order valence-corrected chi connectivity index (χ1v) is 9.48. The second kappa shape index (κ2) is 8.99. The molecular formula is C23H21F2NO5. The summed E-state index contributed by atoms with van der Waals surface area (Å²) < 4.78 is 39.4. The molecule has 0 saturated heterocycles. The maximum atomic E-state index is 14.6. The fourth-order valence-electron chi connectivity index (χ4n) is 2.89. The second-order valence-corrected chi connectivity index (χ2v) is 7.29. The first-order valence-electron chi connectivity index (χ1n) is 9.48. The van der Waals surface area contributed by atoms with Crippen molar-refractivity contribution in [2.45, 2.75) is 19.4 Å². The molecular weight excluding hydrogens is 408 g/mol. The van der Waals surface area contributed by atoms with Gasteiger partial charge in [0.15, 0.2) is 11.6 Å². The van der Waals surface area contributed by atoms with Gasteiger partial charge in [-0.1, -0.05) is 36.4 Å². The lowest BCUT2D eigenvalue weighted by Gasteiger charge is -2.22. The summed E-state index contributed by atoms with van der Waals surface area (Å²) in [6, 6.07) is 13.3. The van der Waals surface area contributed by atoms with Crippen molar-refractivity contribution in [3.8, 4) is 11.5 Å². The predicted molar refractivity (Wildman–Crippen MR) is 110 cm³/mol. The van der Waals surface area contributed by atoms with Crippen LogP contribution in [0, 0.1) is 11.6 Å². The average molecular weight is 429 g/mol. The Balaban J connectivity index is 1.88. The van der Waals surface area contributed by atoms with Crippen molar-refractivity contribution < 1.29 is 33.0 Å². The van der Waals surface area contributed by atoms with Gasteiger partial charge in [-0.25, -0.2) is 13.6 Å². The van der Waals surface area contributed by atoms with E-state index in [0.717, 1.165) is 6.07 Å². The van der Waals surface area contributed by atoms with E-state index in [9.17, 15) is 23.5 Å². The number of benzene rings is 3. The Bertz CT molecular complexity index is 1130. The minimum Gasteiger partial charge on any atom is -0.489 e. The van der Waals surface area contributed by atoms with Gasteiger partial charge in [-0.3, -0.25) is 4.79 Å². The molecule has 0 aliphatic heterocycles. The molecule has 1 amide bonds. The van der Waals surface area contributed by atoms with Crippen LogP contribution in [0.1, 0.15) is 24.2 Å². The molecule has 3 rings (SSSR count). The Kier molecular flexibility index (Phi) is 6.39. The van der Waals surface area contributed by atoms with Gasteiger partial charge in [-0.05, 0) is 32.0 Å². The number of carboxylic acids is 1. The fourth-order valence-corrected chi connectivity index (χ4v) is 2.89. The number of carboxylic acid groups (broad SMARTS) is 1. The highest BCUT2D eigenvalue weighted by molar-refractivity contribution is 6.05. The van der Waals surface area contributed by atoms with Crippen molar-refractivity contribution >= 4 is 22.6 Å². The van der Waals surface area contributed by atoms with Gasteiger partial charge in [0.1, 0.15) is 30.3 Å². The van der Waals surface area contributed by atoms with Gasteiger partial charge in [-0.2, -0.15) is 0 Å². The summed E-state index contributed by atoms with van der Waals surface area (Å²) in [5, 5.41) is 12.2. The number of amides is 1. The number of aliphatic carboxylic acids is 1. The molecule has 0 aliphatic carbocycles. The zero-order valence-corrected chi connectivity index (χ0v) is 16.9. The maximum Gasteiger partial charge on any atom is 0.328 e. The number of carbonyl (C=O) groups is 2. The molecule has 3 aromatic carbocycles. The number of ether oxygens (including phenoxy) is 2. The molecule has 0 spiro atoms. The SMILES string of the molecule is CC(C)(NC(=O)c1cc(F)c2ccccc2c1OCCOc1ccccc1F)C(=O)O. The van der Waals surface area contributed by atoms with Gasteiger partial charge < -0.3 is 19.9 Å². The lowest BCUT2D eigenvalue weighted by atomic mass is 10.0. The second-order valence-electron chi connectivity index (χ2n) is 7.29. The maximum absolute atomic E-state index is 14.6. The Morgan fingerprint density at radius 3 is 2.23 bits per heavy atom. The van der Waals surface area contributed by atoms with Crippen molar-refractivity contribution in [2.24, 2.45) is 0 Å². The van der Waals surface area contributed by atoms with Gasteiger partial charge in [0, 0.05) is 10.8 Å². The third-order valence-corrected chi connectivity index (χ3v) is 4.57. The zero-order valence-electron chi connectivity index (χ0n) is 16.9. The highest BCUT2D eigenvalue weighted by Gasteiger charge is 2.31. The summed E-state index contributed by atoms with van der Waals surface area (Å²) in [4.78, 5) is 24.1. The number of carbonyl (C=O) groups excluding carboxylic acids is 1. The van der Waals surface area contributed by atoms with Crippen molar-refractivity contribution in [3.63, 3.8) is 0 Å². The molecule has 0 unspecified atom stereocenters. The van der Waals surface area contributed by atoms with E-state index in [4.69, 9.17) is 9.47 Å². The van der Waals surface area contributed by atoms with Gasteiger partial charge in [0.05, 0.1) is 5.56 Å². The number of hydrogen-bond acceptors (Lipinski definition) is 4. The minimum atomic E-state index is -1.58. The third kappa shape index (κ3) is 4.91. The predicted octanol–water partition coefficient (Wildman–Crippen LogP) is 4.17. The Morgan fingerprint density at radius 2 is 1.55 bits per heavy atom. The lowest BCUT2D eigenvalue weighted by molar-refractivity contribution is -0.143. The monoisotopic (exact) mass is 429 g/mol. The third-order valence-electron chi connectivity index (χ3n) is 4.57. The van der Waals surface area contributed by atoms with Crippen LogP contribution in [0.4, 0.5) is 8.78 Å². The molecule has 162 valence electrons. The number of nitrogens with one attached hydrogen (secondary N) is 1. The van der Waals surface area contributed by atoms with Crippen LogP contribution < -0.4 is 14.8 Å². The smallest absolute Gasteiger partial charge is 0.328 e. The summed E-state index contributed by atoms with van der Waals surface area (Å²) in [5.74, 6) is -3.09. The van der Waals surface area contributed by atoms with Crippen molar-refractivity contribution in [1.82, 2.24) is 5.32 Å². The number of halogens is 2. The number of fused-ring (bicyclic) bond motifs is 1. The Morgan fingerprint density at radius 1 is 0.935 bits per heavy atom. The number of rotatable bonds is 8. The van der Waals surface area contributed by atoms with E-state index in [2.05, 4.69) is 5.32 Å². The van der Waals surface area contributed by atoms with Crippen LogP contribution in [-0.4, -0.2) is 35.7 Å². The molecule has 0 radical (unpaired) electrons. The first-order chi connectivity index (χ1) is 14.7. The molecule has 6 nitrogen and oxygen atoms in total. The molecule has 3 aromatic rings. The molecule has 0 heterocycles. The molecule has 8 heteroatoms. The molecule has 0 saturated carbocycles. The van der Waals surface area contributed by atoms with Gasteiger partial charge in [0.25, 0.3) is 5.91 Å². The van der Waals surface area contributed by atoms with E-state index >= 15 is 0 Å². The molecule has 0 bridgehead atoms. The van der Waals surface area contributed by atoms with Crippen LogP contribution in [-0.2, 0) is 4.79 Å². The molecule has 0 atom stereocenters. The zero-order chi connectivity index (χ0) is 22.6. The summed E-state index contributed by atoms with van der Waals surface area (Å²) in [5.41, 5.74) is -1.74. The van der Waals surface area contributed by atoms with Crippen molar-refractivity contribution in [3.05, 3.63) is 71.8 Å². The van der Waals surface area contributed by atoms with Crippen LogP contribution in [0.3, 0.4) is 0 Å². The lowest BCUT2D eigenvalue weighted by Crippen LogP contribution is -2.49. The van der Waals surface area contributed by atoms with E-state index < -0.39 is 29.0 Å². The molecule has 31 heavy (non-hydrogen) atoms.